The summed E-state index contributed by atoms with van der Waals surface area (Å²) in [6, 6.07) is 4.55. The van der Waals surface area contributed by atoms with Gasteiger partial charge in [-0.2, -0.15) is 4.31 Å². The lowest BCUT2D eigenvalue weighted by Gasteiger charge is -2.32. The van der Waals surface area contributed by atoms with Crippen LogP contribution in [0.15, 0.2) is 23.1 Å². The van der Waals surface area contributed by atoms with Gasteiger partial charge in [-0.15, -0.1) is 0 Å². The van der Waals surface area contributed by atoms with Gasteiger partial charge in [0, 0.05) is 18.1 Å². The Balaban J connectivity index is 1.77. The molecule has 1 saturated heterocycles. The standard InChI is InChI=1S/C16H20ClNO5S/c1-22-13-4-3-11(17)9-14(13)24(20,21)18-7-5-16(6-8-18)10-12(16)15(19)23-2/h3-4,9,12H,5-8,10H2,1-2H3. The molecule has 1 atom stereocenters. The van der Waals surface area contributed by atoms with Crippen LogP contribution in [0.5, 0.6) is 5.75 Å². The van der Waals surface area contributed by atoms with Gasteiger partial charge in [-0.05, 0) is 42.9 Å². The summed E-state index contributed by atoms with van der Waals surface area (Å²) in [5.74, 6) is -0.00516. The summed E-state index contributed by atoms with van der Waals surface area (Å²) < 4.78 is 37.3. The quantitative estimate of drug-likeness (QED) is 0.757. The molecule has 0 aromatic heterocycles. The predicted octanol–water partition coefficient (Wildman–Crippen LogP) is 2.31. The summed E-state index contributed by atoms with van der Waals surface area (Å²) in [6.45, 7) is 0.761. The summed E-state index contributed by atoms with van der Waals surface area (Å²) in [6.07, 6.45) is 2.11. The van der Waals surface area contributed by atoms with E-state index >= 15 is 0 Å². The van der Waals surface area contributed by atoms with Gasteiger partial charge in [0.05, 0.1) is 20.1 Å². The molecule has 2 aliphatic rings. The van der Waals surface area contributed by atoms with Crippen molar-refractivity contribution in [2.24, 2.45) is 11.3 Å². The zero-order chi connectivity index (χ0) is 17.5. The van der Waals surface area contributed by atoms with E-state index in [2.05, 4.69) is 0 Å². The molecule has 0 radical (unpaired) electrons. The van der Waals surface area contributed by atoms with Crippen molar-refractivity contribution >= 4 is 27.6 Å². The highest BCUT2D eigenvalue weighted by molar-refractivity contribution is 7.89. The molecule has 1 unspecified atom stereocenters. The van der Waals surface area contributed by atoms with E-state index in [1.807, 2.05) is 0 Å². The number of sulfonamides is 1. The number of hydrogen-bond acceptors (Lipinski definition) is 5. The number of piperidine rings is 1. The van der Waals surface area contributed by atoms with Crippen LogP contribution in [-0.4, -0.2) is 46.0 Å². The number of hydrogen-bond donors (Lipinski definition) is 0. The number of halogens is 1. The molecule has 0 amide bonds. The van der Waals surface area contributed by atoms with Crippen molar-refractivity contribution in [3.63, 3.8) is 0 Å². The van der Waals surface area contributed by atoms with Crippen LogP contribution in [-0.2, 0) is 19.6 Å². The molecule has 1 aromatic rings. The van der Waals surface area contributed by atoms with Gasteiger partial charge in [-0.25, -0.2) is 8.42 Å². The zero-order valence-electron chi connectivity index (χ0n) is 13.6. The highest BCUT2D eigenvalue weighted by atomic mass is 35.5. The van der Waals surface area contributed by atoms with Crippen LogP contribution >= 0.6 is 11.6 Å². The Morgan fingerprint density at radius 3 is 2.54 bits per heavy atom. The second kappa shape index (κ2) is 6.20. The van der Waals surface area contributed by atoms with Crippen LogP contribution in [0, 0.1) is 11.3 Å². The van der Waals surface area contributed by atoms with Crippen LogP contribution < -0.4 is 4.74 Å². The maximum absolute atomic E-state index is 12.9. The smallest absolute Gasteiger partial charge is 0.309 e. The molecule has 24 heavy (non-hydrogen) atoms. The average molecular weight is 374 g/mol. The van der Waals surface area contributed by atoms with Crippen LogP contribution in [0.4, 0.5) is 0 Å². The third kappa shape index (κ3) is 2.89. The average Bonchev–Trinajstić information content (AvgIpc) is 3.27. The minimum Gasteiger partial charge on any atom is -0.495 e. The van der Waals surface area contributed by atoms with Crippen LogP contribution in [0.1, 0.15) is 19.3 Å². The first kappa shape index (κ1) is 17.5. The minimum atomic E-state index is -3.69. The summed E-state index contributed by atoms with van der Waals surface area (Å²) in [7, 11) is -0.868. The number of carbonyl (C=O) groups is 1. The van der Waals surface area contributed by atoms with Gasteiger partial charge in [0.25, 0.3) is 0 Å². The monoisotopic (exact) mass is 373 g/mol. The number of esters is 1. The molecule has 6 nitrogen and oxygen atoms in total. The van der Waals surface area contributed by atoms with Gasteiger partial charge in [-0.1, -0.05) is 11.6 Å². The lowest BCUT2D eigenvalue weighted by Crippen LogP contribution is -2.40. The lowest BCUT2D eigenvalue weighted by atomic mass is 9.92. The maximum Gasteiger partial charge on any atom is 0.309 e. The first-order valence-corrected chi connectivity index (χ1v) is 9.57. The van der Waals surface area contributed by atoms with E-state index in [1.54, 1.807) is 12.1 Å². The van der Waals surface area contributed by atoms with Crippen LogP contribution in [0.25, 0.3) is 0 Å². The fraction of sp³-hybridized carbons (Fsp3) is 0.562. The number of methoxy groups -OCH3 is 2. The van der Waals surface area contributed by atoms with Crippen molar-refractivity contribution in [3.8, 4) is 5.75 Å². The van der Waals surface area contributed by atoms with Gasteiger partial charge in [0.2, 0.25) is 10.0 Å². The third-order valence-electron chi connectivity index (χ3n) is 5.14. The Hall–Kier alpha value is -1.31. The van der Waals surface area contributed by atoms with E-state index in [9.17, 15) is 13.2 Å². The van der Waals surface area contributed by atoms with Gasteiger partial charge in [-0.3, -0.25) is 4.79 Å². The van der Waals surface area contributed by atoms with Gasteiger partial charge < -0.3 is 9.47 Å². The first-order valence-electron chi connectivity index (χ1n) is 7.75. The largest absolute Gasteiger partial charge is 0.495 e. The fourth-order valence-electron chi connectivity index (χ4n) is 3.54. The Morgan fingerprint density at radius 1 is 1.29 bits per heavy atom. The van der Waals surface area contributed by atoms with E-state index in [4.69, 9.17) is 21.1 Å². The van der Waals surface area contributed by atoms with Crippen molar-refractivity contribution in [2.45, 2.75) is 24.2 Å². The van der Waals surface area contributed by atoms with Crippen molar-refractivity contribution < 1.29 is 22.7 Å². The summed E-state index contributed by atoms with van der Waals surface area (Å²) in [5, 5.41) is 0.343. The van der Waals surface area contributed by atoms with E-state index in [1.165, 1.54) is 24.6 Å². The van der Waals surface area contributed by atoms with Gasteiger partial charge >= 0.3 is 5.97 Å². The fourth-order valence-corrected chi connectivity index (χ4v) is 5.40. The Morgan fingerprint density at radius 2 is 1.96 bits per heavy atom. The maximum atomic E-state index is 12.9. The third-order valence-corrected chi connectivity index (χ3v) is 7.29. The molecule has 1 saturated carbocycles. The molecular formula is C16H20ClNO5S. The number of nitrogens with zero attached hydrogens (tertiary/aromatic N) is 1. The molecule has 8 heteroatoms. The summed E-state index contributed by atoms with van der Waals surface area (Å²) in [5.41, 5.74) is -0.0858. The lowest BCUT2D eigenvalue weighted by molar-refractivity contribution is -0.143. The Kier molecular flexibility index (Phi) is 4.53. The van der Waals surface area contributed by atoms with Crippen LogP contribution in [0.3, 0.4) is 0 Å². The molecule has 2 fully saturated rings. The van der Waals surface area contributed by atoms with E-state index in [-0.39, 0.29) is 27.9 Å². The normalized spacial score (nSPS) is 23.0. The molecule has 1 aliphatic heterocycles. The number of carbonyl (C=O) groups excluding carboxylic acids is 1. The molecule has 0 N–H and O–H groups in total. The number of benzene rings is 1. The topological polar surface area (TPSA) is 72.9 Å². The first-order chi connectivity index (χ1) is 11.3. The molecule has 132 valence electrons. The van der Waals surface area contributed by atoms with E-state index in [0.29, 0.717) is 31.0 Å². The highest BCUT2D eigenvalue weighted by Crippen LogP contribution is 2.60. The van der Waals surface area contributed by atoms with Crippen molar-refractivity contribution in [2.75, 3.05) is 27.3 Å². The minimum absolute atomic E-state index is 0.0776. The molecule has 3 rings (SSSR count). The zero-order valence-corrected chi connectivity index (χ0v) is 15.2. The van der Waals surface area contributed by atoms with Crippen molar-refractivity contribution in [1.29, 1.82) is 0 Å². The van der Waals surface area contributed by atoms with Gasteiger partial charge in [0.1, 0.15) is 10.6 Å². The molecule has 1 heterocycles. The van der Waals surface area contributed by atoms with Crippen molar-refractivity contribution in [3.05, 3.63) is 23.2 Å². The van der Waals surface area contributed by atoms with E-state index < -0.39 is 10.0 Å². The molecular weight excluding hydrogens is 354 g/mol. The highest BCUT2D eigenvalue weighted by Gasteiger charge is 2.60. The van der Waals surface area contributed by atoms with E-state index in [0.717, 1.165) is 6.42 Å². The molecule has 1 aromatic carbocycles. The van der Waals surface area contributed by atoms with Crippen LogP contribution in [0.2, 0.25) is 5.02 Å². The Bertz CT molecular complexity index is 756. The number of rotatable bonds is 4. The SMILES string of the molecule is COC(=O)C1CC12CCN(S(=O)(=O)c1cc(Cl)ccc1OC)CC2. The van der Waals surface area contributed by atoms with Gasteiger partial charge in [0.15, 0.2) is 0 Å². The number of ether oxygens (including phenoxy) is 2. The molecule has 1 aliphatic carbocycles. The second-order valence-corrected chi connectivity index (χ2v) is 8.68. The molecule has 0 bridgehead atoms. The van der Waals surface area contributed by atoms with Crippen molar-refractivity contribution in [1.82, 2.24) is 4.31 Å². The summed E-state index contributed by atoms with van der Waals surface area (Å²) >= 11 is 5.95. The molecule has 1 spiro atoms. The summed E-state index contributed by atoms with van der Waals surface area (Å²) in [4.78, 5) is 11.8. The Labute approximate surface area is 146 Å². The predicted molar refractivity (Wildman–Crippen MR) is 88.6 cm³/mol. The second-order valence-electron chi connectivity index (χ2n) is 6.34.